The first kappa shape index (κ1) is 15.9. The minimum Gasteiger partial charge on any atom is -0.330 e. The maximum atomic E-state index is 12.7. The fourth-order valence-corrected chi connectivity index (χ4v) is 5.54. The Morgan fingerprint density at radius 3 is 2.75 bits per heavy atom. The molecule has 2 rings (SSSR count). The second kappa shape index (κ2) is 6.13. The van der Waals surface area contributed by atoms with E-state index in [2.05, 4.69) is 13.8 Å². The Labute approximate surface area is 126 Å². The highest BCUT2D eigenvalue weighted by molar-refractivity contribution is 7.91. The molecule has 1 aliphatic heterocycles. The molecule has 1 aromatic heterocycles. The molecule has 0 aromatic carbocycles. The summed E-state index contributed by atoms with van der Waals surface area (Å²) in [6.45, 7) is 6.24. The van der Waals surface area contributed by atoms with Crippen LogP contribution in [-0.4, -0.2) is 32.4 Å². The average molecular weight is 316 g/mol. The van der Waals surface area contributed by atoms with Crippen LogP contribution < -0.4 is 5.73 Å². The highest BCUT2D eigenvalue weighted by Crippen LogP contribution is 2.33. The smallest absolute Gasteiger partial charge is 0.252 e. The van der Waals surface area contributed by atoms with Gasteiger partial charge >= 0.3 is 0 Å². The van der Waals surface area contributed by atoms with Crippen LogP contribution in [0.4, 0.5) is 0 Å². The van der Waals surface area contributed by atoms with E-state index in [4.69, 9.17) is 5.73 Å². The highest BCUT2D eigenvalue weighted by atomic mass is 32.2. The average Bonchev–Trinajstić information content (AvgIpc) is 2.75. The van der Waals surface area contributed by atoms with Gasteiger partial charge in [0.15, 0.2) is 0 Å². The largest absolute Gasteiger partial charge is 0.330 e. The van der Waals surface area contributed by atoms with E-state index in [9.17, 15) is 8.42 Å². The van der Waals surface area contributed by atoms with Crippen molar-refractivity contribution >= 4 is 21.4 Å². The molecule has 0 unspecified atom stereocenters. The predicted octanol–water partition coefficient (Wildman–Crippen LogP) is 2.45. The van der Waals surface area contributed by atoms with Crippen molar-refractivity contribution in [3.63, 3.8) is 0 Å². The maximum Gasteiger partial charge on any atom is 0.252 e. The van der Waals surface area contributed by atoms with Crippen molar-refractivity contribution in [1.82, 2.24) is 4.31 Å². The highest BCUT2D eigenvalue weighted by Gasteiger charge is 2.31. The van der Waals surface area contributed by atoms with E-state index in [-0.39, 0.29) is 5.41 Å². The first-order chi connectivity index (χ1) is 9.35. The zero-order valence-electron chi connectivity index (χ0n) is 12.3. The molecule has 0 amide bonds. The van der Waals surface area contributed by atoms with E-state index in [1.54, 1.807) is 10.4 Å². The molecular weight excluding hydrogens is 292 g/mol. The fraction of sp³-hybridized carbons (Fsp3) is 0.714. The maximum absolute atomic E-state index is 12.7. The number of thiophene rings is 1. The van der Waals surface area contributed by atoms with Gasteiger partial charge in [0.1, 0.15) is 4.21 Å². The summed E-state index contributed by atoms with van der Waals surface area (Å²) >= 11 is 1.36. The van der Waals surface area contributed by atoms with Crippen LogP contribution in [-0.2, 0) is 16.4 Å². The molecule has 2 N–H and O–H groups in total. The van der Waals surface area contributed by atoms with Crippen molar-refractivity contribution in [3.05, 3.63) is 17.0 Å². The molecule has 0 atom stereocenters. The normalized spacial score (nSPS) is 20.8. The third-order valence-corrected chi connectivity index (χ3v) is 7.43. The lowest BCUT2D eigenvalue weighted by Crippen LogP contribution is -2.32. The molecule has 1 aromatic rings. The van der Waals surface area contributed by atoms with Crippen LogP contribution in [0.25, 0.3) is 0 Å². The predicted molar refractivity (Wildman–Crippen MR) is 83.5 cm³/mol. The van der Waals surface area contributed by atoms with Crippen LogP contribution in [0.1, 0.15) is 38.0 Å². The zero-order valence-corrected chi connectivity index (χ0v) is 13.9. The van der Waals surface area contributed by atoms with E-state index in [1.165, 1.54) is 11.3 Å². The van der Waals surface area contributed by atoms with Crippen LogP contribution in [0, 0.1) is 5.41 Å². The minimum atomic E-state index is -3.32. The summed E-state index contributed by atoms with van der Waals surface area (Å²) in [5, 5.41) is 0. The fourth-order valence-electron chi connectivity index (χ4n) is 2.54. The number of nitrogens with zero attached hydrogens (tertiary/aromatic N) is 1. The van der Waals surface area contributed by atoms with Gasteiger partial charge in [-0.05, 0) is 49.8 Å². The lowest BCUT2D eigenvalue weighted by Gasteiger charge is -2.22. The standard InChI is InChI=1S/C14H24N2O2S2/c1-14(2)7-3-10-16(11-8-14)20(17,18)13-5-4-12(19-13)6-9-15/h4-5H,3,6-11,15H2,1-2H3. The molecule has 6 heteroatoms. The van der Waals surface area contributed by atoms with Crippen molar-refractivity contribution in [3.8, 4) is 0 Å². The molecule has 0 spiro atoms. The summed E-state index contributed by atoms with van der Waals surface area (Å²) in [5.41, 5.74) is 5.76. The van der Waals surface area contributed by atoms with Gasteiger partial charge in [-0.1, -0.05) is 13.8 Å². The summed E-state index contributed by atoms with van der Waals surface area (Å²) in [6.07, 6.45) is 3.69. The first-order valence-electron chi connectivity index (χ1n) is 7.14. The van der Waals surface area contributed by atoms with E-state index < -0.39 is 10.0 Å². The number of sulfonamides is 1. The van der Waals surface area contributed by atoms with E-state index >= 15 is 0 Å². The van der Waals surface area contributed by atoms with E-state index in [0.717, 1.165) is 30.6 Å². The van der Waals surface area contributed by atoms with Gasteiger partial charge in [-0.15, -0.1) is 11.3 Å². The van der Waals surface area contributed by atoms with Crippen LogP contribution in [0.3, 0.4) is 0 Å². The van der Waals surface area contributed by atoms with E-state index in [1.807, 2.05) is 6.07 Å². The lowest BCUT2D eigenvalue weighted by molar-refractivity contribution is 0.315. The number of hydrogen-bond acceptors (Lipinski definition) is 4. The Morgan fingerprint density at radius 2 is 2.05 bits per heavy atom. The van der Waals surface area contributed by atoms with Crippen LogP contribution in [0.5, 0.6) is 0 Å². The third-order valence-electron chi connectivity index (χ3n) is 3.92. The molecule has 0 saturated carbocycles. The van der Waals surface area contributed by atoms with Crippen LogP contribution in [0.2, 0.25) is 0 Å². The molecule has 0 radical (unpaired) electrons. The first-order valence-corrected chi connectivity index (χ1v) is 9.40. The van der Waals surface area contributed by atoms with Crippen LogP contribution >= 0.6 is 11.3 Å². The summed E-state index contributed by atoms with van der Waals surface area (Å²) in [4.78, 5) is 1.04. The van der Waals surface area contributed by atoms with Gasteiger partial charge in [0.25, 0.3) is 10.0 Å². The van der Waals surface area contributed by atoms with Gasteiger partial charge in [-0.3, -0.25) is 0 Å². The molecule has 1 fully saturated rings. The van der Waals surface area contributed by atoms with Gasteiger partial charge in [-0.25, -0.2) is 8.42 Å². The van der Waals surface area contributed by atoms with Crippen LogP contribution in [0.15, 0.2) is 16.3 Å². The summed E-state index contributed by atoms with van der Waals surface area (Å²) in [6, 6.07) is 3.60. The van der Waals surface area contributed by atoms with Gasteiger partial charge < -0.3 is 5.73 Å². The van der Waals surface area contributed by atoms with Crippen molar-refractivity contribution in [2.24, 2.45) is 11.1 Å². The lowest BCUT2D eigenvalue weighted by atomic mass is 9.85. The Bertz CT molecular complexity index is 549. The monoisotopic (exact) mass is 316 g/mol. The second-order valence-corrected chi connectivity index (χ2v) is 9.51. The molecule has 0 aliphatic carbocycles. The summed E-state index contributed by atoms with van der Waals surface area (Å²) < 4.78 is 27.5. The SMILES string of the molecule is CC1(C)CCCN(S(=O)(=O)c2ccc(CCN)s2)CC1. The quantitative estimate of drug-likeness (QED) is 0.928. The van der Waals surface area contributed by atoms with Gasteiger partial charge in [0, 0.05) is 18.0 Å². The third kappa shape index (κ3) is 3.61. The van der Waals surface area contributed by atoms with Gasteiger partial charge in [0.05, 0.1) is 0 Å². The molecule has 2 heterocycles. The summed E-state index contributed by atoms with van der Waals surface area (Å²) in [5.74, 6) is 0. The number of rotatable bonds is 4. The van der Waals surface area contributed by atoms with Gasteiger partial charge in [-0.2, -0.15) is 4.31 Å². The molecule has 4 nitrogen and oxygen atoms in total. The number of hydrogen-bond donors (Lipinski definition) is 1. The van der Waals surface area contributed by atoms with Gasteiger partial charge in [0.2, 0.25) is 0 Å². The van der Waals surface area contributed by atoms with Crippen molar-refractivity contribution in [2.45, 2.75) is 43.7 Å². The Balaban J connectivity index is 2.16. The molecule has 114 valence electrons. The zero-order chi connectivity index (χ0) is 14.8. The molecule has 20 heavy (non-hydrogen) atoms. The summed E-state index contributed by atoms with van der Waals surface area (Å²) in [7, 11) is -3.32. The minimum absolute atomic E-state index is 0.241. The Hall–Kier alpha value is -0.430. The molecule has 0 bridgehead atoms. The number of nitrogens with two attached hydrogens (primary N) is 1. The topological polar surface area (TPSA) is 63.4 Å². The van der Waals surface area contributed by atoms with Crippen molar-refractivity contribution < 1.29 is 8.42 Å². The Kier molecular flexibility index (Phi) is 4.89. The Morgan fingerprint density at radius 1 is 1.30 bits per heavy atom. The second-order valence-electron chi connectivity index (χ2n) is 6.18. The molecule has 1 saturated heterocycles. The van der Waals surface area contributed by atoms with Crippen molar-refractivity contribution in [1.29, 1.82) is 0 Å². The van der Waals surface area contributed by atoms with E-state index in [0.29, 0.717) is 23.8 Å². The van der Waals surface area contributed by atoms with Crippen molar-refractivity contribution in [2.75, 3.05) is 19.6 Å². The molecular formula is C14H24N2O2S2. The molecule has 1 aliphatic rings.